The van der Waals surface area contributed by atoms with Crippen LogP contribution in [0, 0.1) is 0 Å². The third-order valence-electron chi connectivity index (χ3n) is 2.49. The van der Waals surface area contributed by atoms with Gasteiger partial charge in [-0.25, -0.2) is 0 Å². The molecule has 1 aliphatic carbocycles. The second-order valence-electron chi connectivity index (χ2n) is 4.13. The van der Waals surface area contributed by atoms with Crippen molar-refractivity contribution in [2.45, 2.75) is 38.0 Å². The molecule has 88 valence electrons. The molecule has 0 bridgehead atoms. The number of aliphatic hydroxyl groups is 1. The summed E-state index contributed by atoms with van der Waals surface area (Å²) >= 11 is 0. The Balaban J connectivity index is 2.03. The van der Waals surface area contributed by atoms with Crippen LogP contribution in [0.5, 0.6) is 0 Å². The fraction of sp³-hybridized carbons (Fsp3) is 0.900. The Labute approximate surface area is 90.2 Å². The van der Waals surface area contributed by atoms with E-state index >= 15 is 0 Å². The molecule has 1 fully saturated rings. The molecule has 1 saturated carbocycles. The van der Waals surface area contributed by atoms with Crippen LogP contribution in [-0.4, -0.2) is 49.5 Å². The number of nitrogens with one attached hydrogen (secondary N) is 2. The van der Waals surface area contributed by atoms with E-state index in [1.165, 1.54) is 0 Å². The quantitative estimate of drug-likeness (QED) is 0.546. The van der Waals surface area contributed by atoms with Crippen molar-refractivity contribution in [2.24, 2.45) is 0 Å². The van der Waals surface area contributed by atoms with Crippen LogP contribution in [0.3, 0.4) is 0 Å². The molecule has 1 amide bonds. The zero-order chi connectivity index (χ0) is 11.3. The summed E-state index contributed by atoms with van der Waals surface area (Å²) in [5.74, 6) is -0.0269. The number of methoxy groups -OCH3 is 1. The lowest BCUT2D eigenvalue weighted by Crippen LogP contribution is -2.49. The van der Waals surface area contributed by atoms with E-state index in [-0.39, 0.29) is 18.1 Å². The number of rotatable bonds is 6. The zero-order valence-corrected chi connectivity index (χ0v) is 9.32. The van der Waals surface area contributed by atoms with Gasteiger partial charge < -0.3 is 20.5 Å². The lowest BCUT2D eigenvalue weighted by molar-refractivity contribution is -0.121. The van der Waals surface area contributed by atoms with Gasteiger partial charge in [-0.2, -0.15) is 0 Å². The van der Waals surface area contributed by atoms with E-state index in [1.54, 1.807) is 7.11 Å². The molecule has 0 spiro atoms. The van der Waals surface area contributed by atoms with Gasteiger partial charge in [-0.1, -0.05) is 0 Å². The van der Waals surface area contributed by atoms with Gasteiger partial charge in [0, 0.05) is 19.2 Å². The maximum absolute atomic E-state index is 11.4. The summed E-state index contributed by atoms with van der Waals surface area (Å²) < 4.78 is 4.91. The Morgan fingerprint density at radius 3 is 2.80 bits per heavy atom. The van der Waals surface area contributed by atoms with Crippen LogP contribution < -0.4 is 10.6 Å². The second kappa shape index (κ2) is 6.05. The highest BCUT2D eigenvalue weighted by molar-refractivity contribution is 5.78. The molecule has 5 nitrogen and oxygen atoms in total. The van der Waals surface area contributed by atoms with E-state index in [9.17, 15) is 4.79 Å². The third kappa shape index (κ3) is 4.59. The van der Waals surface area contributed by atoms with Gasteiger partial charge in [0.25, 0.3) is 0 Å². The summed E-state index contributed by atoms with van der Waals surface area (Å²) in [5, 5.41) is 14.9. The summed E-state index contributed by atoms with van der Waals surface area (Å²) in [4.78, 5) is 11.4. The Bertz CT molecular complexity index is 205. The van der Waals surface area contributed by atoms with Crippen molar-refractivity contribution in [1.82, 2.24) is 10.6 Å². The first kappa shape index (κ1) is 12.4. The largest absolute Gasteiger partial charge is 0.393 e. The minimum absolute atomic E-state index is 0.0269. The van der Waals surface area contributed by atoms with Crippen molar-refractivity contribution in [2.75, 3.05) is 20.3 Å². The molecule has 0 aromatic rings. The number of hydrogen-bond donors (Lipinski definition) is 3. The van der Waals surface area contributed by atoms with Crippen molar-refractivity contribution in [1.29, 1.82) is 0 Å². The van der Waals surface area contributed by atoms with E-state index in [0.717, 1.165) is 12.8 Å². The number of aliphatic hydroxyl groups excluding tert-OH is 1. The molecule has 1 unspecified atom stereocenters. The number of ether oxygens (including phenoxy) is 1. The average molecular weight is 216 g/mol. The van der Waals surface area contributed by atoms with Gasteiger partial charge in [0.15, 0.2) is 0 Å². The molecular weight excluding hydrogens is 196 g/mol. The van der Waals surface area contributed by atoms with Crippen LogP contribution in [0.15, 0.2) is 0 Å². The van der Waals surface area contributed by atoms with Gasteiger partial charge in [0.2, 0.25) is 5.91 Å². The van der Waals surface area contributed by atoms with E-state index < -0.39 is 0 Å². The Kier molecular flexibility index (Phi) is 5.01. The maximum atomic E-state index is 11.4. The van der Waals surface area contributed by atoms with Crippen LogP contribution in [-0.2, 0) is 9.53 Å². The Hall–Kier alpha value is -0.650. The SMILES string of the molecule is COCC(C)NC(=O)CNC1CC(O)C1. The molecule has 0 aromatic carbocycles. The minimum Gasteiger partial charge on any atom is -0.393 e. The minimum atomic E-state index is -0.182. The standard InChI is InChI=1S/C10H20N2O3/c1-7(6-15-2)12-10(14)5-11-8-3-9(13)4-8/h7-9,11,13H,3-6H2,1-2H3,(H,12,14). The van der Waals surface area contributed by atoms with Crippen LogP contribution in [0.2, 0.25) is 0 Å². The lowest BCUT2D eigenvalue weighted by atomic mass is 9.89. The summed E-state index contributed by atoms with van der Waals surface area (Å²) in [7, 11) is 1.61. The van der Waals surface area contributed by atoms with Gasteiger partial charge in [-0.15, -0.1) is 0 Å². The van der Waals surface area contributed by atoms with Crippen molar-refractivity contribution in [3.8, 4) is 0 Å². The molecule has 0 saturated heterocycles. The van der Waals surface area contributed by atoms with Crippen molar-refractivity contribution < 1.29 is 14.6 Å². The van der Waals surface area contributed by atoms with E-state index in [2.05, 4.69) is 10.6 Å². The van der Waals surface area contributed by atoms with Gasteiger partial charge in [0.05, 0.1) is 19.3 Å². The zero-order valence-electron chi connectivity index (χ0n) is 9.32. The van der Waals surface area contributed by atoms with Crippen molar-refractivity contribution in [3.63, 3.8) is 0 Å². The monoisotopic (exact) mass is 216 g/mol. The topological polar surface area (TPSA) is 70.6 Å². The van der Waals surface area contributed by atoms with Crippen LogP contribution in [0.4, 0.5) is 0 Å². The first-order valence-corrected chi connectivity index (χ1v) is 5.31. The predicted molar refractivity (Wildman–Crippen MR) is 56.5 cm³/mol. The summed E-state index contributed by atoms with van der Waals surface area (Å²) in [6.45, 7) is 2.73. The van der Waals surface area contributed by atoms with E-state index in [4.69, 9.17) is 9.84 Å². The van der Waals surface area contributed by atoms with Crippen molar-refractivity contribution in [3.05, 3.63) is 0 Å². The summed E-state index contributed by atoms with van der Waals surface area (Å²) in [6, 6.07) is 0.333. The summed E-state index contributed by atoms with van der Waals surface area (Å²) in [6.07, 6.45) is 1.32. The molecule has 0 radical (unpaired) electrons. The predicted octanol–water partition coefficient (Wildman–Crippen LogP) is -0.750. The van der Waals surface area contributed by atoms with Crippen LogP contribution in [0.1, 0.15) is 19.8 Å². The molecule has 1 aliphatic rings. The molecule has 5 heteroatoms. The summed E-state index contributed by atoms with van der Waals surface area (Å²) in [5.41, 5.74) is 0. The van der Waals surface area contributed by atoms with Gasteiger partial charge in [-0.05, 0) is 19.8 Å². The fourth-order valence-electron chi connectivity index (χ4n) is 1.61. The Morgan fingerprint density at radius 2 is 2.27 bits per heavy atom. The first-order chi connectivity index (χ1) is 7.11. The normalized spacial score (nSPS) is 26.9. The number of carbonyl (C=O) groups excluding carboxylic acids is 1. The molecule has 1 rings (SSSR count). The molecule has 3 N–H and O–H groups in total. The van der Waals surface area contributed by atoms with Gasteiger partial charge in [0.1, 0.15) is 0 Å². The molecule has 0 aromatic heterocycles. The van der Waals surface area contributed by atoms with Crippen LogP contribution in [0.25, 0.3) is 0 Å². The highest BCUT2D eigenvalue weighted by Gasteiger charge is 2.26. The number of carbonyl (C=O) groups is 1. The number of hydrogen-bond acceptors (Lipinski definition) is 4. The molecule has 0 heterocycles. The fourth-order valence-corrected chi connectivity index (χ4v) is 1.61. The van der Waals surface area contributed by atoms with Gasteiger partial charge in [-0.3, -0.25) is 4.79 Å². The molecule has 1 atom stereocenters. The molecule has 15 heavy (non-hydrogen) atoms. The average Bonchev–Trinajstić information content (AvgIpc) is 2.11. The first-order valence-electron chi connectivity index (χ1n) is 5.31. The number of amides is 1. The third-order valence-corrected chi connectivity index (χ3v) is 2.49. The smallest absolute Gasteiger partial charge is 0.234 e. The Morgan fingerprint density at radius 1 is 1.60 bits per heavy atom. The van der Waals surface area contributed by atoms with Crippen LogP contribution >= 0.6 is 0 Å². The van der Waals surface area contributed by atoms with Gasteiger partial charge >= 0.3 is 0 Å². The highest BCUT2D eigenvalue weighted by atomic mass is 16.5. The maximum Gasteiger partial charge on any atom is 0.234 e. The van der Waals surface area contributed by atoms with E-state index in [1.807, 2.05) is 6.92 Å². The second-order valence-corrected chi connectivity index (χ2v) is 4.13. The highest BCUT2D eigenvalue weighted by Crippen LogP contribution is 2.18. The molecule has 0 aliphatic heterocycles. The van der Waals surface area contributed by atoms with Crippen molar-refractivity contribution >= 4 is 5.91 Å². The lowest BCUT2D eigenvalue weighted by Gasteiger charge is -2.32. The molecular formula is C10H20N2O3. The van der Waals surface area contributed by atoms with E-state index in [0.29, 0.717) is 19.2 Å².